The second-order valence-corrected chi connectivity index (χ2v) is 9.27. The highest BCUT2D eigenvalue weighted by Crippen LogP contribution is 2.26. The first kappa shape index (κ1) is 26.0. The number of methoxy groups -OCH3 is 2. The quantitative estimate of drug-likeness (QED) is 0.386. The van der Waals surface area contributed by atoms with Crippen molar-refractivity contribution >= 4 is 22.8 Å². The number of hydrogen-bond acceptors (Lipinski definition) is 8. The van der Waals surface area contributed by atoms with E-state index in [0.29, 0.717) is 46.5 Å². The third-order valence-electron chi connectivity index (χ3n) is 6.32. The van der Waals surface area contributed by atoms with Crippen LogP contribution in [0.4, 0.5) is 5.82 Å². The molecule has 10 heteroatoms. The molecule has 194 valence electrons. The molecule has 1 fully saturated rings. The van der Waals surface area contributed by atoms with E-state index in [2.05, 4.69) is 21.8 Å². The van der Waals surface area contributed by atoms with E-state index in [-0.39, 0.29) is 5.91 Å². The van der Waals surface area contributed by atoms with Gasteiger partial charge in [-0.1, -0.05) is 12.0 Å². The topological polar surface area (TPSA) is 112 Å². The lowest BCUT2D eigenvalue weighted by Gasteiger charge is -2.31. The average Bonchev–Trinajstić information content (AvgIpc) is 3.25. The van der Waals surface area contributed by atoms with E-state index in [1.807, 2.05) is 46.8 Å². The van der Waals surface area contributed by atoms with Gasteiger partial charge < -0.3 is 25.0 Å². The molecule has 1 aliphatic heterocycles. The van der Waals surface area contributed by atoms with E-state index < -0.39 is 0 Å². The number of ether oxygens (including phenoxy) is 2. The van der Waals surface area contributed by atoms with Crippen molar-refractivity contribution in [3.8, 4) is 23.3 Å². The van der Waals surface area contributed by atoms with Gasteiger partial charge in [0, 0.05) is 43.9 Å². The molecule has 10 nitrogen and oxygen atoms in total. The minimum atomic E-state index is 0.0667. The second kappa shape index (κ2) is 11.8. The van der Waals surface area contributed by atoms with Crippen LogP contribution >= 0.6 is 0 Å². The Morgan fingerprint density at radius 2 is 1.84 bits per heavy atom. The van der Waals surface area contributed by atoms with Crippen LogP contribution in [0.2, 0.25) is 0 Å². The summed E-state index contributed by atoms with van der Waals surface area (Å²) in [5.41, 5.74) is 8.12. The molecule has 1 amide bonds. The van der Waals surface area contributed by atoms with E-state index in [9.17, 15) is 4.79 Å². The molecular formula is C27H33N7O3. The third kappa shape index (κ3) is 6.37. The Balaban J connectivity index is 1.51. The molecule has 3 aromatic rings. The minimum absolute atomic E-state index is 0.0667. The fourth-order valence-corrected chi connectivity index (χ4v) is 4.31. The zero-order chi connectivity index (χ0) is 26.4. The van der Waals surface area contributed by atoms with Gasteiger partial charge in [-0.2, -0.15) is 5.10 Å². The maximum Gasteiger partial charge on any atom is 0.246 e. The molecule has 37 heavy (non-hydrogen) atoms. The van der Waals surface area contributed by atoms with Crippen LogP contribution in [0.3, 0.4) is 0 Å². The number of amides is 1. The van der Waals surface area contributed by atoms with Crippen LogP contribution in [0.1, 0.15) is 24.1 Å². The van der Waals surface area contributed by atoms with Crippen LogP contribution in [-0.2, 0) is 11.3 Å². The van der Waals surface area contributed by atoms with Crippen molar-refractivity contribution in [1.82, 2.24) is 29.5 Å². The Labute approximate surface area is 217 Å². The van der Waals surface area contributed by atoms with Gasteiger partial charge >= 0.3 is 0 Å². The standard InChI is InChI=1S/C27H33N7O3/c1-32(2)11-5-6-24(35)33-12-9-19(10-13-33)17-34-27-25(26(28)29-18-30-27)23(31-34)8-7-20-14-21(36-3)16-22(15-20)37-4/h5-6,14-16,18-19H,9-13,17H2,1-4H3,(H2,28,29,30)/b6-5+. The highest BCUT2D eigenvalue weighted by molar-refractivity contribution is 5.90. The van der Waals surface area contributed by atoms with Crippen molar-refractivity contribution in [3.63, 3.8) is 0 Å². The zero-order valence-electron chi connectivity index (χ0n) is 21.8. The molecule has 0 radical (unpaired) electrons. The average molecular weight is 504 g/mol. The number of benzene rings is 1. The van der Waals surface area contributed by atoms with Gasteiger partial charge in [0.2, 0.25) is 5.91 Å². The maximum atomic E-state index is 12.5. The summed E-state index contributed by atoms with van der Waals surface area (Å²) in [5, 5.41) is 5.40. The van der Waals surface area contributed by atoms with Crippen molar-refractivity contribution in [2.24, 2.45) is 5.92 Å². The molecule has 0 spiro atoms. The summed E-state index contributed by atoms with van der Waals surface area (Å²) in [4.78, 5) is 25.0. The van der Waals surface area contributed by atoms with Crippen molar-refractivity contribution in [2.45, 2.75) is 19.4 Å². The van der Waals surface area contributed by atoms with Crippen LogP contribution in [0.25, 0.3) is 11.0 Å². The van der Waals surface area contributed by atoms with Gasteiger partial charge in [-0.3, -0.25) is 4.79 Å². The predicted molar refractivity (Wildman–Crippen MR) is 142 cm³/mol. The number of rotatable bonds is 7. The van der Waals surface area contributed by atoms with E-state index in [1.54, 1.807) is 26.4 Å². The Morgan fingerprint density at radius 1 is 1.14 bits per heavy atom. The largest absolute Gasteiger partial charge is 0.497 e. The van der Waals surface area contributed by atoms with Crippen molar-refractivity contribution < 1.29 is 14.3 Å². The van der Waals surface area contributed by atoms with E-state index >= 15 is 0 Å². The molecule has 0 bridgehead atoms. The molecule has 4 rings (SSSR count). The summed E-state index contributed by atoms with van der Waals surface area (Å²) in [7, 11) is 7.15. The smallest absolute Gasteiger partial charge is 0.246 e. The maximum absolute atomic E-state index is 12.5. The highest BCUT2D eigenvalue weighted by Gasteiger charge is 2.24. The van der Waals surface area contributed by atoms with Gasteiger partial charge in [0.25, 0.3) is 0 Å². The predicted octanol–water partition coefficient (Wildman–Crippen LogP) is 2.18. The summed E-state index contributed by atoms with van der Waals surface area (Å²) in [6, 6.07) is 5.46. The van der Waals surface area contributed by atoms with E-state index in [1.165, 1.54) is 6.33 Å². The SMILES string of the molecule is COc1cc(C#Cc2nn(CC3CCN(C(=O)/C=C/CN(C)C)CC3)c3ncnc(N)c23)cc(OC)c1. The highest BCUT2D eigenvalue weighted by atomic mass is 16.5. The summed E-state index contributed by atoms with van der Waals surface area (Å²) < 4.78 is 12.5. The first-order valence-corrected chi connectivity index (χ1v) is 12.2. The number of nitrogens with zero attached hydrogens (tertiary/aromatic N) is 6. The molecule has 0 aliphatic carbocycles. The summed E-state index contributed by atoms with van der Waals surface area (Å²) >= 11 is 0. The van der Waals surface area contributed by atoms with Gasteiger partial charge in [-0.05, 0) is 50.9 Å². The summed E-state index contributed by atoms with van der Waals surface area (Å²) in [5.74, 6) is 8.35. The Kier molecular flexibility index (Phi) is 8.25. The fraction of sp³-hybridized carbons (Fsp3) is 0.407. The van der Waals surface area contributed by atoms with Gasteiger partial charge in [0.1, 0.15) is 29.3 Å². The van der Waals surface area contributed by atoms with Crippen molar-refractivity contribution in [2.75, 3.05) is 53.7 Å². The number of nitrogens with two attached hydrogens (primary N) is 1. The van der Waals surface area contributed by atoms with Crippen molar-refractivity contribution in [3.05, 3.63) is 47.9 Å². The molecule has 3 heterocycles. The van der Waals surface area contributed by atoms with E-state index in [4.69, 9.17) is 20.3 Å². The number of carbonyl (C=O) groups is 1. The molecular weight excluding hydrogens is 470 g/mol. The molecule has 0 unspecified atom stereocenters. The van der Waals surface area contributed by atoms with Crippen LogP contribution in [-0.4, -0.2) is 83.4 Å². The summed E-state index contributed by atoms with van der Waals surface area (Å²) in [6.45, 7) is 2.85. The zero-order valence-corrected chi connectivity index (χ0v) is 21.8. The number of aromatic nitrogens is 4. The van der Waals surface area contributed by atoms with Crippen molar-refractivity contribution in [1.29, 1.82) is 0 Å². The number of carbonyl (C=O) groups excluding carboxylic acids is 1. The number of anilines is 1. The Bertz CT molecular complexity index is 1320. The number of likely N-dealkylation sites (N-methyl/N-ethyl adjacent to an activating group) is 1. The second-order valence-electron chi connectivity index (χ2n) is 9.27. The molecule has 2 N–H and O–H groups in total. The number of fused-ring (bicyclic) bond motifs is 1. The normalized spacial score (nSPS) is 14.2. The lowest BCUT2D eigenvalue weighted by molar-refractivity contribution is -0.127. The van der Waals surface area contributed by atoms with Gasteiger partial charge in [-0.25, -0.2) is 14.6 Å². The first-order valence-electron chi connectivity index (χ1n) is 12.2. The van der Waals surface area contributed by atoms with Crippen LogP contribution in [0, 0.1) is 17.8 Å². The van der Waals surface area contributed by atoms with Gasteiger partial charge in [0.15, 0.2) is 5.65 Å². The van der Waals surface area contributed by atoms with E-state index in [0.717, 1.165) is 38.0 Å². The number of nitrogen functional groups attached to an aromatic ring is 1. The Morgan fingerprint density at radius 3 is 2.49 bits per heavy atom. The minimum Gasteiger partial charge on any atom is -0.497 e. The first-order chi connectivity index (χ1) is 17.9. The molecule has 2 aromatic heterocycles. The Hall–Kier alpha value is -4.10. The molecule has 0 saturated carbocycles. The molecule has 1 aromatic carbocycles. The van der Waals surface area contributed by atoms with Gasteiger partial charge in [-0.15, -0.1) is 0 Å². The summed E-state index contributed by atoms with van der Waals surface area (Å²) in [6.07, 6.45) is 6.80. The third-order valence-corrected chi connectivity index (χ3v) is 6.32. The number of hydrogen-bond donors (Lipinski definition) is 1. The number of likely N-dealkylation sites (tertiary alicyclic amines) is 1. The molecule has 1 saturated heterocycles. The van der Waals surface area contributed by atoms with Gasteiger partial charge in [0.05, 0.1) is 19.6 Å². The van der Waals surface area contributed by atoms with Crippen LogP contribution < -0.4 is 15.2 Å². The lowest BCUT2D eigenvalue weighted by atomic mass is 9.97. The lowest BCUT2D eigenvalue weighted by Crippen LogP contribution is -2.38. The number of piperidine rings is 1. The molecule has 0 atom stereocenters. The monoisotopic (exact) mass is 503 g/mol. The van der Waals surface area contributed by atoms with Crippen LogP contribution in [0.15, 0.2) is 36.7 Å². The molecule has 1 aliphatic rings. The van der Waals surface area contributed by atoms with Crippen LogP contribution in [0.5, 0.6) is 11.5 Å². The fourth-order valence-electron chi connectivity index (χ4n) is 4.31.